The molecule has 3 aromatic rings. The van der Waals surface area contributed by atoms with Gasteiger partial charge in [0.05, 0.1) is 19.1 Å². The first-order valence-electron chi connectivity index (χ1n) is 12.6. The van der Waals surface area contributed by atoms with Gasteiger partial charge in [0.15, 0.2) is 18.1 Å². The van der Waals surface area contributed by atoms with Gasteiger partial charge in [0, 0.05) is 16.1 Å². The molecule has 9 heteroatoms. The maximum atomic E-state index is 12.4. The molecule has 0 saturated heterocycles. The molecule has 0 spiro atoms. The van der Waals surface area contributed by atoms with Crippen molar-refractivity contribution in [2.75, 3.05) is 19.8 Å². The molecule has 0 fully saturated rings. The monoisotopic (exact) mass is 592 g/mol. The van der Waals surface area contributed by atoms with Crippen molar-refractivity contribution in [3.63, 3.8) is 0 Å². The van der Waals surface area contributed by atoms with Crippen LogP contribution >= 0.6 is 15.9 Å². The molecular formula is C30H29BrN2O6. The van der Waals surface area contributed by atoms with Gasteiger partial charge in [-0.15, -0.1) is 0 Å². The van der Waals surface area contributed by atoms with E-state index in [1.54, 1.807) is 30.3 Å². The van der Waals surface area contributed by atoms with E-state index in [0.29, 0.717) is 41.8 Å². The summed E-state index contributed by atoms with van der Waals surface area (Å²) >= 11 is 3.36. The van der Waals surface area contributed by atoms with Gasteiger partial charge in [-0.05, 0) is 61.4 Å². The number of hydrogen-bond donors (Lipinski definition) is 1. The van der Waals surface area contributed by atoms with E-state index in [-0.39, 0.29) is 23.8 Å². The quantitative estimate of drug-likeness (QED) is 0.158. The van der Waals surface area contributed by atoms with Crippen molar-refractivity contribution in [3.8, 4) is 34.8 Å². The van der Waals surface area contributed by atoms with Gasteiger partial charge in [-0.2, -0.15) is 5.26 Å². The van der Waals surface area contributed by atoms with Crippen molar-refractivity contribution in [2.45, 2.75) is 32.6 Å². The molecule has 39 heavy (non-hydrogen) atoms. The maximum absolute atomic E-state index is 12.4. The van der Waals surface area contributed by atoms with E-state index in [4.69, 9.17) is 29.4 Å². The fourth-order valence-electron chi connectivity index (χ4n) is 4.09. The molecule has 0 bridgehead atoms. The molecule has 2 N–H and O–H groups in total. The molecular weight excluding hydrogens is 564 g/mol. The first-order valence-corrected chi connectivity index (χ1v) is 13.4. The average molecular weight is 593 g/mol. The largest absolute Gasteiger partial charge is 0.490 e. The van der Waals surface area contributed by atoms with Crippen molar-refractivity contribution < 1.29 is 28.5 Å². The van der Waals surface area contributed by atoms with E-state index in [1.807, 2.05) is 37.3 Å². The third-order valence-electron chi connectivity index (χ3n) is 5.95. The summed E-state index contributed by atoms with van der Waals surface area (Å²) in [6.45, 7) is 4.78. The lowest BCUT2D eigenvalue weighted by Gasteiger charge is -2.27. The molecule has 1 aliphatic rings. The summed E-state index contributed by atoms with van der Waals surface area (Å²) in [6, 6.07) is 19.9. The van der Waals surface area contributed by atoms with E-state index in [1.165, 1.54) is 0 Å². The average Bonchev–Trinajstić information content (AvgIpc) is 2.93. The fraction of sp³-hybridized carbons (Fsp3) is 0.267. The maximum Gasteiger partial charge on any atom is 0.349 e. The second-order valence-electron chi connectivity index (χ2n) is 8.68. The predicted octanol–water partition coefficient (Wildman–Crippen LogP) is 6.23. The molecule has 1 heterocycles. The summed E-state index contributed by atoms with van der Waals surface area (Å²) in [5.74, 6) is 1.33. The number of nitrogens with zero attached hydrogens (tertiary/aromatic N) is 1. The Bertz CT molecular complexity index is 1400. The van der Waals surface area contributed by atoms with Gasteiger partial charge in [0.25, 0.3) is 0 Å². The number of rotatable bonds is 11. The smallest absolute Gasteiger partial charge is 0.349 e. The molecule has 0 aliphatic carbocycles. The van der Waals surface area contributed by atoms with Crippen LogP contribution in [0.25, 0.3) is 0 Å². The van der Waals surface area contributed by atoms with Gasteiger partial charge in [-0.25, -0.2) is 4.79 Å². The van der Waals surface area contributed by atoms with E-state index in [9.17, 15) is 10.1 Å². The Balaban J connectivity index is 1.57. The fourth-order valence-corrected chi connectivity index (χ4v) is 4.36. The highest BCUT2D eigenvalue weighted by atomic mass is 79.9. The van der Waals surface area contributed by atoms with Crippen molar-refractivity contribution in [3.05, 3.63) is 87.7 Å². The van der Waals surface area contributed by atoms with Crippen LogP contribution in [0.15, 0.2) is 76.6 Å². The van der Waals surface area contributed by atoms with E-state index in [2.05, 4.69) is 28.9 Å². The van der Waals surface area contributed by atoms with Crippen LogP contribution in [0.3, 0.4) is 0 Å². The number of fused-ring (bicyclic) bond motifs is 1. The lowest BCUT2D eigenvalue weighted by molar-refractivity contribution is -0.136. The topological polar surface area (TPSA) is 113 Å². The Kier molecular flexibility index (Phi) is 9.34. The van der Waals surface area contributed by atoms with Gasteiger partial charge >= 0.3 is 5.97 Å². The molecule has 0 amide bonds. The first kappa shape index (κ1) is 27.9. The van der Waals surface area contributed by atoms with Crippen LogP contribution in [-0.2, 0) is 4.79 Å². The highest BCUT2D eigenvalue weighted by molar-refractivity contribution is 9.10. The van der Waals surface area contributed by atoms with Crippen LogP contribution in [0.5, 0.6) is 28.7 Å². The van der Waals surface area contributed by atoms with Gasteiger partial charge in [-0.1, -0.05) is 41.4 Å². The second kappa shape index (κ2) is 13.1. The number of carbonyl (C=O) groups is 1. The summed E-state index contributed by atoms with van der Waals surface area (Å²) < 4.78 is 29.4. The molecule has 202 valence electrons. The lowest BCUT2D eigenvalue weighted by atomic mass is 9.83. The first-order chi connectivity index (χ1) is 18.9. The van der Waals surface area contributed by atoms with Crippen LogP contribution in [0.4, 0.5) is 0 Å². The van der Waals surface area contributed by atoms with Gasteiger partial charge < -0.3 is 29.4 Å². The Morgan fingerprint density at radius 1 is 1.00 bits per heavy atom. The Morgan fingerprint density at radius 2 is 1.77 bits per heavy atom. The van der Waals surface area contributed by atoms with Crippen LogP contribution in [0, 0.1) is 11.3 Å². The van der Waals surface area contributed by atoms with Gasteiger partial charge in [0.2, 0.25) is 5.88 Å². The number of nitrogens with two attached hydrogens (primary N) is 1. The summed E-state index contributed by atoms with van der Waals surface area (Å²) in [5.41, 5.74) is 7.93. The number of ether oxygens (including phenoxy) is 5. The van der Waals surface area contributed by atoms with Crippen molar-refractivity contribution >= 4 is 21.9 Å². The molecule has 0 aromatic heterocycles. The summed E-state index contributed by atoms with van der Waals surface area (Å²) in [5, 5.41) is 9.92. The number of allylic oxidation sites excluding steroid dienone is 1. The number of esters is 1. The SMILES string of the molecule is CCCCOc1ccc(C2C(C#N)=C(N)Oc3cc(OC(=O)COc4ccc(Br)cc4)ccc32)cc1OCC. The van der Waals surface area contributed by atoms with Crippen molar-refractivity contribution in [2.24, 2.45) is 5.73 Å². The molecule has 1 atom stereocenters. The molecule has 0 saturated carbocycles. The highest BCUT2D eigenvalue weighted by Crippen LogP contribution is 2.45. The number of nitriles is 1. The predicted molar refractivity (Wildman–Crippen MR) is 149 cm³/mol. The molecule has 8 nitrogen and oxygen atoms in total. The third kappa shape index (κ3) is 6.84. The Labute approximate surface area is 236 Å². The molecule has 1 aliphatic heterocycles. The number of carbonyl (C=O) groups excluding carboxylic acids is 1. The molecule has 0 radical (unpaired) electrons. The molecule has 3 aromatic carbocycles. The summed E-state index contributed by atoms with van der Waals surface area (Å²) in [4.78, 5) is 12.4. The second-order valence-corrected chi connectivity index (χ2v) is 9.60. The minimum Gasteiger partial charge on any atom is -0.490 e. The summed E-state index contributed by atoms with van der Waals surface area (Å²) in [7, 11) is 0. The summed E-state index contributed by atoms with van der Waals surface area (Å²) in [6.07, 6.45) is 1.95. The van der Waals surface area contributed by atoms with Crippen LogP contribution in [-0.4, -0.2) is 25.8 Å². The van der Waals surface area contributed by atoms with Gasteiger partial charge in [0.1, 0.15) is 28.9 Å². The van der Waals surface area contributed by atoms with E-state index < -0.39 is 11.9 Å². The minimum atomic E-state index is -0.577. The minimum absolute atomic E-state index is 0.0155. The highest BCUT2D eigenvalue weighted by Gasteiger charge is 2.32. The van der Waals surface area contributed by atoms with Gasteiger partial charge in [-0.3, -0.25) is 0 Å². The van der Waals surface area contributed by atoms with Crippen molar-refractivity contribution in [1.82, 2.24) is 0 Å². The normalized spacial score (nSPS) is 14.1. The van der Waals surface area contributed by atoms with E-state index >= 15 is 0 Å². The number of hydrogen-bond acceptors (Lipinski definition) is 8. The zero-order valence-corrected chi connectivity index (χ0v) is 23.3. The number of benzene rings is 3. The van der Waals surface area contributed by atoms with Crippen LogP contribution < -0.4 is 29.4 Å². The Morgan fingerprint density at radius 3 is 2.49 bits per heavy atom. The zero-order valence-electron chi connectivity index (χ0n) is 21.7. The lowest BCUT2D eigenvalue weighted by Crippen LogP contribution is -2.22. The van der Waals surface area contributed by atoms with Crippen LogP contribution in [0.1, 0.15) is 43.7 Å². The third-order valence-corrected chi connectivity index (χ3v) is 6.48. The number of halogens is 1. The van der Waals surface area contributed by atoms with E-state index in [0.717, 1.165) is 22.9 Å². The Hall–Kier alpha value is -4.16. The molecule has 4 rings (SSSR count). The molecule has 1 unspecified atom stereocenters. The zero-order chi connectivity index (χ0) is 27.8. The van der Waals surface area contributed by atoms with Crippen LogP contribution in [0.2, 0.25) is 0 Å². The van der Waals surface area contributed by atoms with Crippen molar-refractivity contribution in [1.29, 1.82) is 5.26 Å². The standard InChI is InChI=1S/C30H29BrN2O6/c1-3-5-14-36-25-13-6-19(15-27(25)35-4-2)29-23-12-11-22(16-26(23)39-30(33)24(29)17-32)38-28(34)18-37-21-9-7-20(31)8-10-21/h6-13,15-16,29H,3-5,14,18,33H2,1-2H3. The number of unbranched alkanes of at least 4 members (excludes halogenated alkanes) is 1.